The number of halogens is 2. The highest BCUT2D eigenvalue weighted by molar-refractivity contribution is 5.19. The fraction of sp³-hybridized carbons (Fsp3) is 0.357. The summed E-state index contributed by atoms with van der Waals surface area (Å²) >= 11 is 0. The fourth-order valence-corrected chi connectivity index (χ4v) is 1.86. The van der Waals surface area contributed by atoms with Crippen molar-refractivity contribution < 1.29 is 13.5 Å². The van der Waals surface area contributed by atoms with Crippen LogP contribution in [0.3, 0.4) is 0 Å². The number of hydrogen-bond acceptors (Lipinski definition) is 3. The van der Waals surface area contributed by atoms with Crippen molar-refractivity contribution in [1.82, 2.24) is 14.9 Å². The molecular formula is C14H17F2N3O. The van der Waals surface area contributed by atoms with Crippen LogP contribution in [0.1, 0.15) is 11.4 Å². The normalized spacial score (nSPS) is 10.9. The van der Waals surface area contributed by atoms with Crippen molar-refractivity contribution in [1.29, 1.82) is 0 Å². The second kappa shape index (κ2) is 7.12. The van der Waals surface area contributed by atoms with E-state index in [1.807, 2.05) is 4.57 Å². The van der Waals surface area contributed by atoms with Crippen LogP contribution >= 0.6 is 0 Å². The lowest BCUT2D eigenvalue weighted by molar-refractivity contribution is 0.199. The van der Waals surface area contributed by atoms with E-state index < -0.39 is 11.6 Å². The maximum Gasteiger partial charge on any atom is 0.131 e. The summed E-state index contributed by atoms with van der Waals surface area (Å²) in [5.74, 6) is -0.319. The fourth-order valence-electron chi connectivity index (χ4n) is 1.86. The first kappa shape index (κ1) is 14.6. The van der Waals surface area contributed by atoms with Crippen molar-refractivity contribution in [3.05, 3.63) is 53.6 Å². The molecule has 0 saturated carbocycles. The minimum atomic E-state index is -0.571. The quantitative estimate of drug-likeness (QED) is 0.788. The van der Waals surface area contributed by atoms with Gasteiger partial charge >= 0.3 is 0 Å². The standard InChI is InChI=1S/C14H17F2N3O/c1-20-7-5-17-9-14-18-4-6-19(14)10-11-2-3-12(15)8-13(11)16/h2-4,6,8,17H,5,7,9-10H2,1H3. The van der Waals surface area contributed by atoms with Gasteiger partial charge in [0.2, 0.25) is 0 Å². The third-order valence-corrected chi connectivity index (χ3v) is 2.92. The van der Waals surface area contributed by atoms with E-state index in [1.54, 1.807) is 19.5 Å². The third-order valence-electron chi connectivity index (χ3n) is 2.92. The molecule has 1 heterocycles. The van der Waals surface area contributed by atoms with Crippen LogP contribution < -0.4 is 5.32 Å². The monoisotopic (exact) mass is 281 g/mol. The van der Waals surface area contributed by atoms with E-state index >= 15 is 0 Å². The topological polar surface area (TPSA) is 39.1 Å². The van der Waals surface area contributed by atoms with E-state index in [-0.39, 0.29) is 0 Å². The molecule has 0 aliphatic heterocycles. The van der Waals surface area contributed by atoms with Gasteiger partial charge in [0.25, 0.3) is 0 Å². The van der Waals surface area contributed by atoms with Gasteiger partial charge in [-0.2, -0.15) is 0 Å². The molecule has 1 N–H and O–H groups in total. The predicted octanol–water partition coefficient (Wildman–Crippen LogP) is 1.95. The van der Waals surface area contributed by atoms with E-state index in [0.29, 0.717) is 31.8 Å². The Morgan fingerprint density at radius 3 is 2.95 bits per heavy atom. The number of nitrogens with one attached hydrogen (secondary N) is 1. The van der Waals surface area contributed by atoms with Crippen molar-refractivity contribution in [2.75, 3.05) is 20.3 Å². The van der Waals surface area contributed by atoms with Gasteiger partial charge in [0.05, 0.1) is 19.7 Å². The molecule has 0 unspecified atom stereocenters. The Labute approximate surface area is 116 Å². The summed E-state index contributed by atoms with van der Waals surface area (Å²) in [6.07, 6.45) is 3.44. The Hall–Kier alpha value is -1.79. The minimum Gasteiger partial charge on any atom is -0.383 e. The molecule has 0 saturated heterocycles. The molecular weight excluding hydrogens is 264 g/mol. The zero-order valence-electron chi connectivity index (χ0n) is 11.3. The van der Waals surface area contributed by atoms with E-state index in [2.05, 4.69) is 10.3 Å². The van der Waals surface area contributed by atoms with Crippen LogP contribution in [0.15, 0.2) is 30.6 Å². The van der Waals surface area contributed by atoms with E-state index in [4.69, 9.17) is 4.74 Å². The second-order valence-corrected chi connectivity index (χ2v) is 4.38. The van der Waals surface area contributed by atoms with Crippen molar-refractivity contribution in [3.8, 4) is 0 Å². The zero-order chi connectivity index (χ0) is 14.4. The number of ether oxygens (including phenoxy) is 1. The Balaban J connectivity index is 2.01. The maximum absolute atomic E-state index is 13.6. The largest absolute Gasteiger partial charge is 0.383 e. The van der Waals surface area contributed by atoms with Gasteiger partial charge in [-0.15, -0.1) is 0 Å². The minimum absolute atomic E-state index is 0.327. The van der Waals surface area contributed by atoms with Crippen LogP contribution in [-0.4, -0.2) is 29.8 Å². The Kier molecular flexibility index (Phi) is 5.20. The molecule has 1 aromatic carbocycles. The summed E-state index contributed by atoms with van der Waals surface area (Å²) in [5.41, 5.74) is 0.433. The zero-order valence-corrected chi connectivity index (χ0v) is 11.3. The summed E-state index contributed by atoms with van der Waals surface area (Å²) in [6.45, 7) is 2.23. The first-order valence-electron chi connectivity index (χ1n) is 6.34. The van der Waals surface area contributed by atoms with Gasteiger partial charge in [0.1, 0.15) is 17.5 Å². The summed E-state index contributed by atoms with van der Waals surface area (Å²) in [4.78, 5) is 4.22. The van der Waals surface area contributed by atoms with Crippen LogP contribution in [0.25, 0.3) is 0 Å². The summed E-state index contributed by atoms with van der Waals surface area (Å²) < 4.78 is 33.3. The second-order valence-electron chi connectivity index (χ2n) is 4.38. The van der Waals surface area contributed by atoms with Gasteiger partial charge in [-0.3, -0.25) is 0 Å². The van der Waals surface area contributed by atoms with Gasteiger partial charge in [-0.1, -0.05) is 6.07 Å². The maximum atomic E-state index is 13.6. The highest BCUT2D eigenvalue weighted by Crippen LogP contribution is 2.12. The number of benzene rings is 1. The van der Waals surface area contributed by atoms with Crippen LogP contribution in [0.2, 0.25) is 0 Å². The molecule has 6 heteroatoms. The Morgan fingerprint density at radius 1 is 1.35 bits per heavy atom. The molecule has 4 nitrogen and oxygen atoms in total. The van der Waals surface area contributed by atoms with Crippen molar-refractivity contribution >= 4 is 0 Å². The molecule has 0 radical (unpaired) electrons. The highest BCUT2D eigenvalue weighted by atomic mass is 19.1. The average Bonchev–Trinajstić information content (AvgIpc) is 2.85. The molecule has 2 aromatic rings. The van der Waals surface area contributed by atoms with Crippen molar-refractivity contribution in [2.24, 2.45) is 0 Å². The Morgan fingerprint density at radius 2 is 2.20 bits per heavy atom. The van der Waals surface area contributed by atoms with Crippen LogP contribution in [0, 0.1) is 11.6 Å². The lowest BCUT2D eigenvalue weighted by atomic mass is 10.2. The SMILES string of the molecule is COCCNCc1nccn1Cc1ccc(F)cc1F. The van der Waals surface area contributed by atoms with Gasteiger partial charge in [-0.05, 0) is 6.07 Å². The van der Waals surface area contributed by atoms with E-state index in [0.717, 1.165) is 11.9 Å². The molecule has 0 spiro atoms. The highest BCUT2D eigenvalue weighted by Gasteiger charge is 2.07. The molecule has 0 amide bonds. The lowest BCUT2D eigenvalue weighted by Gasteiger charge is -2.09. The van der Waals surface area contributed by atoms with Crippen LogP contribution in [0.5, 0.6) is 0 Å². The number of hydrogen-bond donors (Lipinski definition) is 1. The molecule has 0 aliphatic rings. The van der Waals surface area contributed by atoms with Crippen molar-refractivity contribution in [2.45, 2.75) is 13.1 Å². The van der Waals surface area contributed by atoms with E-state index in [9.17, 15) is 8.78 Å². The molecule has 0 fully saturated rings. The van der Waals surface area contributed by atoms with Crippen molar-refractivity contribution in [3.63, 3.8) is 0 Å². The number of methoxy groups -OCH3 is 1. The summed E-state index contributed by atoms with van der Waals surface area (Å²) in [5, 5.41) is 3.18. The summed E-state index contributed by atoms with van der Waals surface area (Å²) in [7, 11) is 1.64. The predicted molar refractivity (Wildman–Crippen MR) is 71.3 cm³/mol. The first-order chi connectivity index (χ1) is 9.70. The molecule has 2 rings (SSSR count). The molecule has 1 aromatic heterocycles. The first-order valence-corrected chi connectivity index (χ1v) is 6.34. The van der Waals surface area contributed by atoms with E-state index in [1.165, 1.54) is 12.1 Å². The van der Waals surface area contributed by atoms with Gasteiger partial charge in [0.15, 0.2) is 0 Å². The molecule has 108 valence electrons. The van der Waals surface area contributed by atoms with Gasteiger partial charge in [-0.25, -0.2) is 13.8 Å². The number of nitrogens with zero attached hydrogens (tertiary/aromatic N) is 2. The average molecular weight is 281 g/mol. The number of rotatable bonds is 7. The van der Waals surface area contributed by atoms with Crippen LogP contribution in [0.4, 0.5) is 8.78 Å². The molecule has 0 aliphatic carbocycles. The lowest BCUT2D eigenvalue weighted by Crippen LogP contribution is -2.21. The number of aromatic nitrogens is 2. The third kappa shape index (κ3) is 3.85. The molecule has 0 atom stereocenters. The molecule has 0 bridgehead atoms. The van der Waals surface area contributed by atoms with Gasteiger partial charge < -0.3 is 14.6 Å². The summed E-state index contributed by atoms with van der Waals surface area (Å²) in [6, 6.07) is 3.60. The smallest absolute Gasteiger partial charge is 0.131 e. The number of imidazole rings is 1. The Bertz CT molecular complexity index is 557. The van der Waals surface area contributed by atoms with Gasteiger partial charge in [0, 0.05) is 37.7 Å². The van der Waals surface area contributed by atoms with Crippen LogP contribution in [-0.2, 0) is 17.8 Å². The molecule has 20 heavy (non-hydrogen) atoms.